The zero-order chi connectivity index (χ0) is 18.6. The number of pyridine rings is 1. The Kier molecular flexibility index (Phi) is 6.33. The topological polar surface area (TPSA) is 25.4 Å². The number of halogens is 1. The lowest BCUT2D eigenvalue weighted by molar-refractivity contribution is 0.0414. The quantitative estimate of drug-likeness (QED) is 0.712. The molecule has 0 spiro atoms. The van der Waals surface area contributed by atoms with Crippen LogP contribution in [0, 0.1) is 6.42 Å². The molecule has 4 heteroatoms. The van der Waals surface area contributed by atoms with Crippen LogP contribution >= 0.6 is 11.6 Å². The summed E-state index contributed by atoms with van der Waals surface area (Å²) in [5.41, 5.74) is 3.97. The molecule has 0 aliphatic carbocycles. The lowest BCUT2D eigenvalue weighted by Crippen LogP contribution is -2.37. The summed E-state index contributed by atoms with van der Waals surface area (Å²) >= 11 is 6.16. The van der Waals surface area contributed by atoms with Crippen molar-refractivity contribution in [3.05, 3.63) is 70.9 Å². The van der Waals surface area contributed by atoms with Gasteiger partial charge in [-0.1, -0.05) is 56.6 Å². The van der Waals surface area contributed by atoms with Gasteiger partial charge in [-0.15, -0.1) is 0 Å². The van der Waals surface area contributed by atoms with Crippen molar-refractivity contribution in [3.63, 3.8) is 0 Å². The first kappa shape index (κ1) is 19.3. The summed E-state index contributed by atoms with van der Waals surface area (Å²) in [5.74, 6) is 0.201. The van der Waals surface area contributed by atoms with Gasteiger partial charge in [0, 0.05) is 31.7 Å². The van der Waals surface area contributed by atoms with E-state index in [-0.39, 0.29) is 11.3 Å². The van der Waals surface area contributed by atoms with E-state index in [0.29, 0.717) is 5.15 Å². The summed E-state index contributed by atoms with van der Waals surface area (Å²) in [4.78, 5) is 6.57. The van der Waals surface area contributed by atoms with E-state index in [0.717, 1.165) is 32.8 Å². The highest BCUT2D eigenvalue weighted by Gasteiger charge is 2.20. The van der Waals surface area contributed by atoms with Crippen LogP contribution in [0.5, 0.6) is 0 Å². The first-order valence-corrected chi connectivity index (χ1v) is 9.66. The average molecular weight is 372 g/mol. The van der Waals surface area contributed by atoms with Gasteiger partial charge in [0.05, 0.1) is 13.2 Å². The molecule has 1 aromatic heterocycles. The second-order valence-corrected chi connectivity index (χ2v) is 8.30. The van der Waals surface area contributed by atoms with Gasteiger partial charge in [0.15, 0.2) is 0 Å². The maximum absolute atomic E-state index is 6.16. The molecule has 139 valence electrons. The zero-order valence-corrected chi connectivity index (χ0v) is 16.7. The van der Waals surface area contributed by atoms with Gasteiger partial charge < -0.3 is 4.74 Å². The second-order valence-electron chi connectivity index (χ2n) is 7.91. The van der Waals surface area contributed by atoms with Gasteiger partial charge in [0.2, 0.25) is 0 Å². The molecule has 0 amide bonds. The molecule has 1 aromatic carbocycles. The second kappa shape index (κ2) is 8.51. The Bertz CT molecular complexity index is 703. The van der Waals surface area contributed by atoms with Gasteiger partial charge >= 0.3 is 0 Å². The molecule has 3 nitrogen and oxygen atoms in total. The smallest absolute Gasteiger partial charge is 0.129 e. The molecule has 1 aliphatic heterocycles. The number of hydrogen-bond donors (Lipinski definition) is 0. The Morgan fingerprint density at radius 3 is 2.42 bits per heavy atom. The third-order valence-corrected chi connectivity index (χ3v) is 5.16. The normalized spacial score (nSPS) is 17.2. The number of morpholine rings is 1. The first-order chi connectivity index (χ1) is 12.4. The molecule has 0 bridgehead atoms. The molecule has 1 aliphatic rings. The molecule has 0 N–H and O–H groups in total. The van der Waals surface area contributed by atoms with E-state index < -0.39 is 0 Å². The lowest BCUT2D eigenvalue weighted by Gasteiger charge is -2.28. The fourth-order valence-electron chi connectivity index (χ4n) is 3.30. The van der Waals surface area contributed by atoms with E-state index in [9.17, 15) is 0 Å². The number of rotatable bonds is 5. The van der Waals surface area contributed by atoms with Gasteiger partial charge in [0.25, 0.3) is 0 Å². The van der Waals surface area contributed by atoms with Crippen LogP contribution in [0.3, 0.4) is 0 Å². The summed E-state index contributed by atoms with van der Waals surface area (Å²) in [5, 5.41) is 0.540. The van der Waals surface area contributed by atoms with Crippen LogP contribution in [0.1, 0.15) is 43.4 Å². The third-order valence-electron chi connectivity index (χ3n) is 4.95. The minimum atomic E-state index is 0.158. The van der Waals surface area contributed by atoms with E-state index in [4.69, 9.17) is 16.3 Å². The SMILES string of the molecule is CC(C)(C)c1ccc(C([CH]CN2CCOCC2)c2ccnc(Cl)c2)cc1. The van der Waals surface area contributed by atoms with Crippen LogP contribution < -0.4 is 0 Å². The predicted octanol–water partition coefficient (Wildman–Crippen LogP) is 4.70. The summed E-state index contributed by atoms with van der Waals surface area (Å²) in [7, 11) is 0. The van der Waals surface area contributed by atoms with E-state index in [1.807, 2.05) is 6.07 Å². The predicted molar refractivity (Wildman–Crippen MR) is 108 cm³/mol. The van der Waals surface area contributed by atoms with Gasteiger partial charge in [0.1, 0.15) is 5.15 Å². The van der Waals surface area contributed by atoms with E-state index in [1.165, 1.54) is 16.7 Å². The highest BCUT2D eigenvalue weighted by atomic mass is 35.5. The summed E-state index contributed by atoms with van der Waals surface area (Å²) in [6.07, 6.45) is 4.17. The Balaban J connectivity index is 1.82. The lowest BCUT2D eigenvalue weighted by atomic mass is 9.83. The molecule has 1 fully saturated rings. The minimum Gasteiger partial charge on any atom is -0.379 e. The average Bonchev–Trinajstić information content (AvgIpc) is 2.63. The van der Waals surface area contributed by atoms with Gasteiger partial charge in [-0.25, -0.2) is 4.98 Å². The van der Waals surface area contributed by atoms with Crippen molar-refractivity contribution in [1.82, 2.24) is 9.88 Å². The zero-order valence-electron chi connectivity index (χ0n) is 15.9. The van der Waals surface area contributed by atoms with E-state index in [1.54, 1.807) is 6.20 Å². The number of aromatic nitrogens is 1. The van der Waals surface area contributed by atoms with Crippen molar-refractivity contribution in [2.75, 3.05) is 32.8 Å². The highest BCUT2D eigenvalue weighted by Crippen LogP contribution is 2.31. The Morgan fingerprint density at radius 2 is 1.81 bits per heavy atom. The fraction of sp³-hybridized carbons (Fsp3) is 0.455. The molecule has 26 heavy (non-hydrogen) atoms. The summed E-state index contributed by atoms with van der Waals surface area (Å²) in [6.45, 7) is 11.3. The number of hydrogen-bond acceptors (Lipinski definition) is 3. The van der Waals surface area contributed by atoms with Crippen molar-refractivity contribution in [2.45, 2.75) is 32.1 Å². The van der Waals surface area contributed by atoms with Gasteiger partial charge in [-0.3, -0.25) is 4.90 Å². The summed E-state index contributed by atoms with van der Waals surface area (Å²) < 4.78 is 5.46. The molecule has 1 atom stereocenters. The Morgan fingerprint density at radius 1 is 1.12 bits per heavy atom. The molecular formula is C22H28ClN2O. The largest absolute Gasteiger partial charge is 0.379 e. The van der Waals surface area contributed by atoms with Gasteiger partial charge in [-0.05, 0) is 40.7 Å². The van der Waals surface area contributed by atoms with Crippen LogP contribution in [0.2, 0.25) is 5.15 Å². The van der Waals surface area contributed by atoms with Crippen molar-refractivity contribution >= 4 is 11.6 Å². The van der Waals surface area contributed by atoms with Crippen molar-refractivity contribution in [2.24, 2.45) is 0 Å². The monoisotopic (exact) mass is 371 g/mol. The Labute approximate surface area is 162 Å². The van der Waals surface area contributed by atoms with Crippen LogP contribution in [-0.2, 0) is 10.2 Å². The molecular weight excluding hydrogens is 344 g/mol. The molecule has 2 heterocycles. The van der Waals surface area contributed by atoms with Gasteiger partial charge in [-0.2, -0.15) is 0 Å². The van der Waals surface area contributed by atoms with Crippen LogP contribution in [0.4, 0.5) is 0 Å². The van der Waals surface area contributed by atoms with E-state index >= 15 is 0 Å². The molecule has 2 aromatic rings. The molecule has 1 unspecified atom stereocenters. The maximum atomic E-state index is 6.16. The molecule has 1 radical (unpaired) electrons. The molecule has 0 saturated carbocycles. The molecule has 1 saturated heterocycles. The number of benzene rings is 1. The van der Waals surface area contributed by atoms with Crippen molar-refractivity contribution < 1.29 is 4.74 Å². The first-order valence-electron chi connectivity index (χ1n) is 9.29. The van der Waals surface area contributed by atoms with E-state index in [2.05, 4.69) is 67.4 Å². The fourth-order valence-corrected chi connectivity index (χ4v) is 3.49. The number of nitrogens with zero attached hydrogens (tertiary/aromatic N) is 2. The summed E-state index contributed by atoms with van der Waals surface area (Å²) in [6, 6.07) is 13.0. The molecule has 3 rings (SSSR count). The van der Waals surface area contributed by atoms with Crippen molar-refractivity contribution in [3.8, 4) is 0 Å². The minimum absolute atomic E-state index is 0.158. The number of ether oxygens (including phenoxy) is 1. The standard InChI is InChI=1S/C22H28ClN2O/c1-22(2,3)19-6-4-17(5-7-19)20(18-8-10-24-21(23)16-18)9-11-25-12-14-26-15-13-25/h4-10,16,20H,11-15H2,1-3H3. The Hall–Kier alpha value is -1.42. The van der Waals surface area contributed by atoms with Crippen molar-refractivity contribution in [1.29, 1.82) is 0 Å². The van der Waals surface area contributed by atoms with Crippen LogP contribution in [-0.4, -0.2) is 42.7 Å². The van der Waals surface area contributed by atoms with Crippen LogP contribution in [0.15, 0.2) is 42.6 Å². The van der Waals surface area contributed by atoms with Crippen LogP contribution in [0.25, 0.3) is 0 Å². The highest BCUT2D eigenvalue weighted by molar-refractivity contribution is 6.29. The third kappa shape index (κ3) is 5.06. The maximum Gasteiger partial charge on any atom is 0.129 e.